The highest BCUT2D eigenvalue weighted by Gasteiger charge is 2.30. The summed E-state index contributed by atoms with van der Waals surface area (Å²) < 4.78 is 27.3. The van der Waals surface area contributed by atoms with Crippen LogP contribution in [0.2, 0.25) is 0 Å². The van der Waals surface area contributed by atoms with E-state index in [9.17, 15) is 18.5 Å². The lowest BCUT2D eigenvalue weighted by Gasteiger charge is -2.34. The highest BCUT2D eigenvalue weighted by molar-refractivity contribution is 7.89. The molecule has 1 N–H and O–H groups in total. The number of rotatable bonds is 6. The van der Waals surface area contributed by atoms with E-state index in [0.717, 1.165) is 6.07 Å². The molecule has 0 bridgehead atoms. The van der Waals surface area contributed by atoms with Crippen LogP contribution in [0.1, 0.15) is 5.82 Å². The number of piperazine rings is 1. The number of nitrogens with one attached hydrogen (secondary N) is 1. The molecule has 0 saturated carbocycles. The van der Waals surface area contributed by atoms with Gasteiger partial charge in [-0.15, -0.1) is 0 Å². The van der Waals surface area contributed by atoms with Gasteiger partial charge in [0.25, 0.3) is 5.69 Å². The summed E-state index contributed by atoms with van der Waals surface area (Å²) in [6.45, 7) is 3.10. The van der Waals surface area contributed by atoms with Gasteiger partial charge in [-0.05, 0) is 25.1 Å². The molecule has 0 amide bonds. The number of aryl methyl sites for hydroxylation is 1. The first-order valence-corrected chi connectivity index (χ1v) is 11.3. The topological polar surface area (TPSA) is 134 Å². The predicted octanol–water partition coefficient (Wildman–Crippen LogP) is 2.34. The van der Waals surface area contributed by atoms with Crippen LogP contribution in [0.4, 0.5) is 23.1 Å². The fourth-order valence-electron chi connectivity index (χ4n) is 3.41. The third kappa shape index (κ3) is 4.65. The first-order chi connectivity index (χ1) is 15.3. The summed E-state index contributed by atoms with van der Waals surface area (Å²) in [6.07, 6.45) is 1.68. The Morgan fingerprint density at radius 1 is 1.00 bits per heavy atom. The monoisotopic (exact) mass is 455 g/mol. The number of pyridine rings is 1. The average molecular weight is 456 g/mol. The van der Waals surface area contributed by atoms with Gasteiger partial charge in [0.1, 0.15) is 23.3 Å². The van der Waals surface area contributed by atoms with Crippen LogP contribution in [-0.2, 0) is 10.0 Å². The highest BCUT2D eigenvalue weighted by Crippen LogP contribution is 2.24. The summed E-state index contributed by atoms with van der Waals surface area (Å²) in [6, 6.07) is 12.4. The van der Waals surface area contributed by atoms with Crippen molar-refractivity contribution >= 4 is 33.2 Å². The molecular weight excluding hydrogens is 434 g/mol. The van der Waals surface area contributed by atoms with E-state index in [2.05, 4.69) is 20.3 Å². The van der Waals surface area contributed by atoms with Crippen LogP contribution >= 0.6 is 0 Å². The van der Waals surface area contributed by atoms with E-state index < -0.39 is 14.9 Å². The predicted molar refractivity (Wildman–Crippen MR) is 118 cm³/mol. The average Bonchev–Trinajstić information content (AvgIpc) is 2.79. The van der Waals surface area contributed by atoms with Crippen LogP contribution in [-0.4, -0.2) is 58.8 Å². The van der Waals surface area contributed by atoms with Crippen molar-refractivity contribution in [1.82, 2.24) is 19.3 Å². The molecule has 3 heterocycles. The Labute approximate surface area is 185 Å². The summed E-state index contributed by atoms with van der Waals surface area (Å²) >= 11 is 0. The molecule has 32 heavy (non-hydrogen) atoms. The largest absolute Gasteiger partial charge is 0.354 e. The molecule has 11 nitrogen and oxygen atoms in total. The lowest BCUT2D eigenvalue weighted by molar-refractivity contribution is -0.385. The maximum Gasteiger partial charge on any atom is 0.270 e. The van der Waals surface area contributed by atoms with Gasteiger partial charge in [-0.3, -0.25) is 10.1 Å². The zero-order chi connectivity index (χ0) is 22.7. The molecule has 1 aliphatic rings. The Morgan fingerprint density at radius 2 is 1.78 bits per heavy atom. The molecule has 1 saturated heterocycles. The molecule has 0 spiro atoms. The highest BCUT2D eigenvalue weighted by atomic mass is 32.2. The third-order valence-corrected chi connectivity index (χ3v) is 6.87. The normalized spacial score (nSPS) is 14.8. The minimum absolute atomic E-state index is 0.0834. The van der Waals surface area contributed by atoms with Crippen molar-refractivity contribution in [3.8, 4) is 0 Å². The van der Waals surface area contributed by atoms with Gasteiger partial charge >= 0.3 is 0 Å². The number of hydrogen-bond acceptors (Lipinski definition) is 9. The van der Waals surface area contributed by atoms with Crippen molar-refractivity contribution in [3.63, 3.8) is 0 Å². The third-order valence-electron chi connectivity index (χ3n) is 4.97. The molecule has 1 fully saturated rings. The molecule has 1 aromatic carbocycles. The molecule has 4 rings (SSSR count). The van der Waals surface area contributed by atoms with Gasteiger partial charge in [0.05, 0.1) is 9.82 Å². The molecule has 3 aromatic rings. The maximum atomic E-state index is 13.0. The van der Waals surface area contributed by atoms with Crippen molar-refractivity contribution in [3.05, 3.63) is 70.7 Å². The molecule has 0 unspecified atom stereocenters. The molecular formula is C20H21N7O4S. The molecule has 2 aromatic heterocycles. The second-order valence-corrected chi connectivity index (χ2v) is 9.08. The fraction of sp³-hybridized carbons (Fsp3) is 0.250. The van der Waals surface area contributed by atoms with E-state index in [1.54, 1.807) is 19.2 Å². The molecule has 0 atom stereocenters. The van der Waals surface area contributed by atoms with E-state index in [0.29, 0.717) is 36.4 Å². The molecule has 166 valence electrons. The van der Waals surface area contributed by atoms with E-state index in [-0.39, 0.29) is 23.7 Å². The zero-order valence-corrected chi connectivity index (χ0v) is 18.1. The van der Waals surface area contributed by atoms with E-state index in [1.165, 1.54) is 22.5 Å². The minimum atomic E-state index is -3.83. The summed E-state index contributed by atoms with van der Waals surface area (Å²) in [5, 5.41) is 14.1. The Hall–Kier alpha value is -3.64. The van der Waals surface area contributed by atoms with Crippen molar-refractivity contribution in [2.45, 2.75) is 11.8 Å². The van der Waals surface area contributed by atoms with Gasteiger partial charge in [-0.1, -0.05) is 12.1 Å². The molecule has 0 radical (unpaired) electrons. The van der Waals surface area contributed by atoms with Crippen LogP contribution in [0.15, 0.2) is 59.6 Å². The summed E-state index contributed by atoms with van der Waals surface area (Å²) in [5.74, 6) is 2.51. The lowest BCUT2D eigenvalue weighted by atomic mass is 10.3. The summed E-state index contributed by atoms with van der Waals surface area (Å²) in [7, 11) is -3.83. The van der Waals surface area contributed by atoms with Gasteiger partial charge in [-0.2, -0.15) is 4.31 Å². The number of benzene rings is 1. The van der Waals surface area contributed by atoms with Crippen molar-refractivity contribution in [2.75, 3.05) is 36.4 Å². The van der Waals surface area contributed by atoms with Gasteiger partial charge in [0.15, 0.2) is 0 Å². The van der Waals surface area contributed by atoms with Crippen LogP contribution in [0.5, 0.6) is 0 Å². The zero-order valence-electron chi connectivity index (χ0n) is 17.2. The van der Waals surface area contributed by atoms with Crippen LogP contribution in [0.3, 0.4) is 0 Å². The Balaban J connectivity index is 1.48. The van der Waals surface area contributed by atoms with Crippen LogP contribution < -0.4 is 10.2 Å². The van der Waals surface area contributed by atoms with Crippen LogP contribution in [0, 0.1) is 17.0 Å². The second kappa shape index (κ2) is 8.85. The van der Waals surface area contributed by atoms with Crippen molar-refractivity contribution in [2.24, 2.45) is 0 Å². The first-order valence-electron chi connectivity index (χ1n) is 9.86. The molecule has 1 aliphatic heterocycles. The first kappa shape index (κ1) is 21.6. The quantitative estimate of drug-likeness (QED) is 0.439. The Morgan fingerprint density at radius 3 is 2.47 bits per heavy atom. The number of sulfonamides is 1. The van der Waals surface area contributed by atoms with Crippen molar-refractivity contribution < 1.29 is 13.3 Å². The summed E-state index contributed by atoms with van der Waals surface area (Å²) in [4.78, 5) is 25.4. The standard InChI is InChI=1S/C20H21N7O4S/c1-15-22-19(24-18-7-2-3-8-21-18)14-20(23-15)25-9-11-26(12-10-25)32(30,31)17-6-4-5-16(13-17)27(28)29/h2-8,13-14H,9-12H2,1H3,(H,21,22,23,24). The number of non-ortho nitro benzene ring substituents is 1. The van der Waals surface area contributed by atoms with E-state index >= 15 is 0 Å². The number of nitro groups is 1. The van der Waals surface area contributed by atoms with E-state index in [1.807, 2.05) is 23.1 Å². The smallest absolute Gasteiger partial charge is 0.270 e. The SMILES string of the molecule is Cc1nc(Nc2ccccn2)cc(N2CCN(S(=O)(=O)c3cccc([N+](=O)[O-])c3)CC2)n1. The number of hydrogen-bond donors (Lipinski definition) is 1. The lowest BCUT2D eigenvalue weighted by Crippen LogP contribution is -2.49. The second-order valence-electron chi connectivity index (χ2n) is 7.14. The molecule has 0 aliphatic carbocycles. The minimum Gasteiger partial charge on any atom is -0.354 e. The fourth-order valence-corrected chi connectivity index (χ4v) is 4.87. The number of nitrogens with zero attached hydrogens (tertiary/aromatic N) is 6. The van der Waals surface area contributed by atoms with Crippen LogP contribution in [0.25, 0.3) is 0 Å². The van der Waals surface area contributed by atoms with Gasteiger partial charge in [-0.25, -0.2) is 23.4 Å². The van der Waals surface area contributed by atoms with Crippen molar-refractivity contribution in [1.29, 1.82) is 0 Å². The Bertz CT molecular complexity index is 1230. The van der Waals surface area contributed by atoms with Gasteiger partial charge in [0.2, 0.25) is 10.0 Å². The number of anilines is 3. The maximum absolute atomic E-state index is 13.0. The number of aromatic nitrogens is 3. The summed E-state index contributed by atoms with van der Waals surface area (Å²) in [5.41, 5.74) is -0.255. The molecule has 12 heteroatoms. The van der Waals surface area contributed by atoms with Gasteiger partial charge in [0, 0.05) is 50.6 Å². The number of nitro benzene ring substituents is 1. The van der Waals surface area contributed by atoms with E-state index in [4.69, 9.17) is 0 Å². The Kier molecular flexibility index (Phi) is 5.97. The van der Waals surface area contributed by atoms with Gasteiger partial charge < -0.3 is 10.2 Å².